The molecule has 0 radical (unpaired) electrons. The van der Waals surface area contributed by atoms with E-state index < -0.39 is 18.3 Å². The van der Waals surface area contributed by atoms with E-state index in [-0.39, 0.29) is 0 Å². The van der Waals surface area contributed by atoms with Crippen molar-refractivity contribution in [2.24, 2.45) is 5.73 Å². The van der Waals surface area contributed by atoms with E-state index in [9.17, 15) is 0 Å². The SMILES string of the molecule is COc1cc(C=C(CN)B2OC(C)(C)C(C)(C)O2)ccc1C#N. The third-order valence-corrected chi connectivity index (χ3v) is 4.49. The quantitative estimate of drug-likeness (QED) is 0.864. The van der Waals surface area contributed by atoms with Crippen LogP contribution in [0.1, 0.15) is 38.8 Å². The Morgan fingerprint density at radius 3 is 2.39 bits per heavy atom. The third kappa shape index (κ3) is 3.42. The van der Waals surface area contributed by atoms with Gasteiger partial charge in [0.05, 0.1) is 23.9 Å². The van der Waals surface area contributed by atoms with Crippen molar-refractivity contribution in [3.63, 3.8) is 0 Å². The molecule has 1 aromatic rings. The first-order chi connectivity index (χ1) is 10.7. The van der Waals surface area contributed by atoms with E-state index in [4.69, 9.17) is 25.0 Å². The van der Waals surface area contributed by atoms with Crippen LogP contribution in [0.15, 0.2) is 23.7 Å². The molecule has 2 N–H and O–H groups in total. The van der Waals surface area contributed by atoms with Crippen molar-refractivity contribution in [1.82, 2.24) is 0 Å². The minimum atomic E-state index is -0.480. The number of nitrogens with two attached hydrogens (primary N) is 1. The van der Waals surface area contributed by atoms with Crippen LogP contribution in [0, 0.1) is 11.3 Å². The lowest BCUT2D eigenvalue weighted by atomic mass is 9.77. The minimum Gasteiger partial charge on any atom is -0.495 e. The molecule has 1 aliphatic heterocycles. The smallest absolute Gasteiger partial charge is 0.491 e. The molecule has 1 saturated heterocycles. The first-order valence-corrected chi connectivity index (χ1v) is 7.58. The summed E-state index contributed by atoms with van der Waals surface area (Å²) in [5.74, 6) is 0.534. The first kappa shape index (κ1) is 17.5. The maximum atomic E-state index is 9.05. The number of hydrogen-bond donors (Lipinski definition) is 1. The van der Waals surface area contributed by atoms with E-state index in [0.29, 0.717) is 17.9 Å². The zero-order valence-corrected chi connectivity index (χ0v) is 14.3. The molecule has 122 valence electrons. The number of nitrogens with zero attached hydrogens (tertiary/aromatic N) is 1. The number of methoxy groups -OCH3 is 1. The molecular formula is C17H23BN2O3. The van der Waals surface area contributed by atoms with Crippen molar-refractivity contribution in [2.75, 3.05) is 13.7 Å². The second-order valence-electron chi connectivity index (χ2n) is 6.58. The van der Waals surface area contributed by atoms with Gasteiger partial charge in [-0.3, -0.25) is 0 Å². The molecule has 5 nitrogen and oxygen atoms in total. The molecule has 0 unspecified atom stereocenters. The second kappa shape index (κ2) is 6.36. The van der Waals surface area contributed by atoms with Crippen molar-refractivity contribution in [3.8, 4) is 11.8 Å². The van der Waals surface area contributed by atoms with Gasteiger partial charge < -0.3 is 19.8 Å². The second-order valence-corrected chi connectivity index (χ2v) is 6.58. The van der Waals surface area contributed by atoms with Crippen molar-refractivity contribution < 1.29 is 14.0 Å². The zero-order chi connectivity index (χ0) is 17.3. The van der Waals surface area contributed by atoms with Crippen LogP contribution in [-0.4, -0.2) is 32.0 Å². The molecule has 0 aliphatic carbocycles. The van der Waals surface area contributed by atoms with E-state index in [1.807, 2.05) is 39.8 Å². The molecule has 1 heterocycles. The van der Waals surface area contributed by atoms with Gasteiger partial charge in [0.2, 0.25) is 0 Å². The molecule has 6 heteroatoms. The number of rotatable bonds is 4. The Balaban J connectivity index is 2.32. The van der Waals surface area contributed by atoms with Crippen LogP contribution < -0.4 is 10.5 Å². The molecule has 0 atom stereocenters. The molecule has 1 aliphatic rings. The predicted molar refractivity (Wildman–Crippen MR) is 90.8 cm³/mol. The van der Waals surface area contributed by atoms with E-state index in [0.717, 1.165) is 11.0 Å². The molecule has 2 rings (SSSR count). The maximum Gasteiger partial charge on any atom is 0.491 e. The number of ether oxygens (including phenoxy) is 1. The maximum absolute atomic E-state index is 9.05. The Morgan fingerprint density at radius 2 is 1.91 bits per heavy atom. The van der Waals surface area contributed by atoms with Crippen molar-refractivity contribution in [2.45, 2.75) is 38.9 Å². The lowest BCUT2D eigenvalue weighted by molar-refractivity contribution is 0.00578. The summed E-state index contributed by atoms with van der Waals surface area (Å²) in [4.78, 5) is 0. The predicted octanol–water partition coefficient (Wildman–Crippen LogP) is 2.54. The lowest BCUT2D eigenvalue weighted by Gasteiger charge is -2.32. The summed E-state index contributed by atoms with van der Waals surface area (Å²) in [6.07, 6.45) is 1.92. The fourth-order valence-electron chi connectivity index (χ4n) is 2.32. The van der Waals surface area contributed by atoms with Crippen LogP contribution in [-0.2, 0) is 9.31 Å². The summed E-state index contributed by atoms with van der Waals surface area (Å²) < 4.78 is 17.3. The van der Waals surface area contributed by atoms with Gasteiger partial charge in [-0.2, -0.15) is 5.26 Å². The third-order valence-electron chi connectivity index (χ3n) is 4.49. The van der Waals surface area contributed by atoms with Crippen LogP contribution in [0.25, 0.3) is 6.08 Å². The number of hydrogen-bond acceptors (Lipinski definition) is 5. The highest BCUT2D eigenvalue weighted by atomic mass is 16.7. The van der Waals surface area contributed by atoms with E-state index in [1.165, 1.54) is 0 Å². The van der Waals surface area contributed by atoms with Gasteiger partial charge in [0.15, 0.2) is 0 Å². The molecule has 1 aromatic carbocycles. The molecule has 0 aromatic heterocycles. The van der Waals surface area contributed by atoms with Gasteiger partial charge in [-0.05, 0) is 50.9 Å². The summed E-state index contributed by atoms with van der Waals surface area (Å²) in [6, 6.07) is 7.48. The Bertz CT molecular complexity index is 646. The minimum absolute atomic E-state index is 0.319. The Hall–Kier alpha value is -1.81. The Morgan fingerprint density at radius 1 is 1.30 bits per heavy atom. The zero-order valence-electron chi connectivity index (χ0n) is 14.3. The number of benzene rings is 1. The van der Waals surface area contributed by atoms with Crippen LogP contribution in [0.4, 0.5) is 0 Å². The van der Waals surface area contributed by atoms with Gasteiger partial charge >= 0.3 is 7.12 Å². The summed E-state index contributed by atoms with van der Waals surface area (Å²) in [7, 11) is 1.06. The Labute approximate surface area is 138 Å². The van der Waals surface area contributed by atoms with Crippen molar-refractivity contribution in [3.05, 3.63) is 34.8 Å². The largest absolute Gasteiger partial charge is 0.495 e. The monoisotopic (exact) mass is 314 g/mol. The molecule has 0 amide bonds. The van der Waals surface area contributed by atoms with Gasteiger partial charge in [-0.1, -0.05) is 12.1 Å². The highest BCUT2D eigenvalue weighted by Gasteiger charge is 2.52. The van der Waals surface area contributed by atoms with Crippen molar-refractivity contribution in [1.29, 1.82) is 5.26 Å². The standard InChI is InChI=1S/C17H23BN2O3/c1-16(2)17(3,4)23-18(22-16)14(11-20)8-12-6-7-13(10-19)15(9-12)21-5/h6-9H,11,20H2,1-5H3. The highest BCUT2D eigenvalue weighted by Crippen LogP contribution is 2.38. The van der Waals surface area contributed by atoms with Gasteiger partial charge in [-0.25, -0.2) is 0 Å². The molecule has 0 bridgehead atoms. The molecule has 23 heavy (non-hydrogen) atoms. The number of nitriles is 1. The van der Waals surface area contributed by atoms with Gasteiger partial charge in [0.25, 0.3) is 0 Å². The van der Waals surface area contributed by atoms with Crippen LogP contribution in [0.2, 0.25) is 0 Å². The van der Waals surface area contributed by atoms with Crippen LogP contribution >= 0.6 is 0 Å². The van der Waals surface area contributed by atoms with E-state index >= 15 is 0 Å². The molecule has 1 fully saturated rings. The Kier molecular flexibility index (Phi) is 4.85. The van der Waals surface area contributed by atoms with E-state index in [2.05, 4.69) is 6.07 Å². The van der Waals surface area contributed by atoms with Gasteiger partial charge in [-0.15, -0.1) is 0 Å². The summed E-state index contributed by atoms with van der Waals surface area (Å²) in [6.45, 7) is 8.34. The highest BCUT2D eigenvalue weighted by molar-refractivity contribution is 6.55. The summed E-state index contributed by atoms with van der Waals surface area (Å²) in [5.41, 5.74) is 7.30. The molecule has 0 saturated carbocycles. The average Bonchev–Trinajstić information content (AvgIpc) is 2.72. The van der Waals surface area contributed by atoms with Crippen LogP contribution in [0.3, 0.4) is 0 Å². The van der Waals surface area contributed by atoms with Gasteiger partial charge in [0, 0.05) is 6.54 Å². The van der Waals surface area contributed by atoms with E-state index in [1.54, 1.807) is 19.2 Å². The van der Waals surface area contributed by atoms with Crippen molar-refractivity contribution >= 4 is 13.2 Å². The molecular weight excluding hydrogens is 291 g/mol. The summed E-state index contributed by atoms with van der Waals surface area (Å²) in [5, 5.41) is 9.05. The lowest BCUT2D eigenvalue weighted by Crippen LogP contribution is -2.41. The summed E-state index contributed by atoms with van der Waals surface area (Å²) >= 11 is 0. The van der Waals surface area contributed by atoms with Gasteiger partial charge in [0.1, 0.15) is 11.8 Å². The fraction of sp³-hybridized carbons (Fsp3) is 0.471. The normalized spacial score (nSPS) is 19.5. The topological polar surface area (TPSA) is 77.5 Å². The molecule has 0 spiro atoms. The first-order valence-electron chi connectivity index (χ1n) is 7.58. The average molecular weight is 314 g/mol. The van der Waals surface area contributed by atoms with Crippen LogP contribution in [0.5, 0.6) is 5.75 Å². The fourth-order valence-corrected chi connectivity index (χ4v) is 2.32.